The molecule has 1 aliphatic rings. The molecular formula is C10H12ClNO. The summed E-state index contributed by atoms with van der Waals surface area (Å²) in [5.74, 6) is 0.150. The van der Waals surface area contributed by atoms with Crippen molar-refractivity contribution in [2.75, 3.05) is 7.05 Å². The summed E-state index contributed by atoms with van der Waals surface area (Å²) in [6.45, 7) is 0. The molecule has 1 saturated carbocycles. The summed E-state index contributed by atoms with van der Waals surface area (Å²) in [4.78, 5) is 0. The van der Waals surface area contributed by atoms with E-state index < -0.39 is 0 Å². The van der Waals surface area contributed by atoms with E-state index in [0.717, 1.165) is 18.4 Å². The smallest absolute Gasteiger partial charge is 0.134 e. The molecule has 2 nitrogen and oxygen atoms in total. The lowest BCUT2D eigenvalue weighted by molar-refractivity contribution is 0.474. The topological polar surface area (TPSA) is 32.3 Å². The van der Waals surface area contributed by atoms with Crippen LogP contribution in [0.25, 0.3) is 0 Å². The van der Waals surface area contributed by atoms with Crippen LogP contribution < -0.4 is 5.32 Å². The minimum atomic E-state index is 0.122. The molecule has 2 rings (SSSR count). The van der Waals surface area contributed by atoms with Gasteiger partial charge in [0.15, 0.2) is 0 Å². The van der Waals surface area contributed by atoms with Crippen LogP contribution >= 0.6 is 11.6 Å². The second-order valence-corrected chi connectivity index (χ2v) is 3.91. The standard InChI is InChI=1S/C10H12ClNO/c1-12-10(4-5-10)7-2-3-9(13)8(11)6-7/h2-3,6,12-13H,4-5H2,1H3. The lowest BCUT2D eigenvalue weighted by atomic mass is 10.1. The van der Waals surface area contributed by atoms with Crippen LogP contribution in [0.2, 0.25) is 5.02 Å². The van der Waals surface area contributed by atoms with Gasteiger partial charge in [-0.2, -0.15) is 0 Å². The number of aromatic hydroxyl groups is 1. The van der Waals surface area contributed by atoms with Crippen LogP contribution in [0.5, 0.6) is 5.75 Å². The molecule has 0 heterocycles. The van der Waals surface area contributed by atoms with E-state index in [1.165, 1.54) is 0 Å². The van der Waals surface area contributed by atoms with E-state index in [1.54, 1.807) is 6.07 Å². The average Bonchev–Trinajstić information content (AvgIpc) is 2.90. The summed E-state index contributed by atoms with van der Waals surface area (Å²) in [7, 11) is 1.95. The summed E-state index contributed by atoms with van der Waals surface area (Å²) < 4.78 is 0. The molecule has 1 aliphatic carbocycles. The summed E-state index contributed by atoms with van der Waals surface area (Å²) >= 11 is 5.83. The van der Waals surface area contributed by atoms with Crippen LogP contribution in [-0.4, -0.2) is 12.2 Å². The maximum absolute atomic E-state index is 9.25. The largest absolute Gasteiger partial charge is 0.506 e. The molecule has 0 bridgehead atoms. The zero-order valence-electron chi connectivity index (χ0n) is 7.47. The van der Waals surface area contributed by atoms with Gasteiger partial charge in [0.25, 0.3) is 0 Å². The predicted molar refractivity (Wildman–Crippen MR) is 53.1 cm³/mol. The molecule has 1 aromatic carbocycles. The van der Waals surface area contributed by atoms with Gasteiger partial charge < -0.3 is 10.4 Å². The third kappa shape index (κ3) is 1.40. The fourth-order valence-electron chi connectivity index (χ4n) is 1.61. The van der Waals surface area contributed by atoms with Crippen LogP contribution in [0.15, 0.2) is 18.2 Å². The Morgan fingerprint density at radius 1 is 1.46 bits per heavy atom. The number of rotatable bonds is 2. The highest BCUT2D eigenvalue weighted by Gasteiger charge is 2.42. The minimum absolute atomic E-state index is 0.122. The van der Waals surface area contributed by atoms with E-state index in [1.807, 2.05) is 19.2 Å². The van der Waals surface area contributed by atoms with E-state index in [4.69, 9.17) is 11.6 Å². The van der Waals surface area contributed by atoms with Gasteiger partial charge in [0, 0.05) is 5.54 Å². The lowest BCUT2D eigenvalue weighted by Gasteiger charge is -2.14. The highest BCUT2D eigenvalue weighted by Crippen LogP contribution is 2.46. The third-order valence-electron chi connectivity index (χ3n) is 2.73. The van der Waals surface area contributed by atoms with Gasteiger partial charge in [-0.1, -0.05) is 17.7 Å². The Kier molecular flexibility index (Phi) is 1.97. The molecule has 1 aromatic rings. The second kappa shape index (κ2) is 2.89. The Balaban J connectivity index is 2.37. The Morgan fingerprint density at radius 3 is 2.62 bits per heavy atom. The molecule has 0 radical (unpaired) electrons. The molecule has 0 atom stereocenters. The highest BCUT2D eigenvalue weighted by molar-refractivity contribution is 6.32. The van der Waals surface area contributed by atoms with Crippen molar-refractivity contribution in [3.05, 3.63) is 28.8 Å². The molecule has 0 aromatic heterocycles. The monoisotopic (exact) mass is 197 g/mol. The van der Waals surface area contributed by atoms with Crippen LogP contribution in [-0.2, 0) is 5.54 Å². The van der Waals surface area contributed by atoms with Crippen molar-refractivity contribution in [3.8, 4) is 5.75 Å². The molecule has 0 amide bonds. The molecule has 13 heavy (non-hydrogen) atoms. The number of phenolic OH excluding ortho intramolecular Hbond substituents is 1. The average molecular weight is 198 g/mol. The van der Waals surface area contributed by atoms with Gasteiger partial charge in [-0.25, -0.2) is 0 Å². The zero-order chi connectivity index (χ0) is 9.47. The van der Waals surface area contributed by atoms with Crippen molar-refractivity contribution in [1.29, 1.82) is 0 Å². The first kappa shape index (κ1) is 8.85. The molecule has 0 saturated heterocycles. The number of benzene rings is 1. The SMILES string of the molecule is CNC1(c2ccc(O)c(Cl)c2)CC1. The second-order valence-electron chi connectivity index (χ2n) is 3.50. The molecule has 0 spiro atoms. The summed E-state index contributed by atoms with van der Waals surface area (Å²) in [5.41, 5.74) is 1.29. The van der Waals surface area contributed by atoms with Crippen LogP contribution in [0.3, 0.4) is 0 Å². The quantitative estimate of drug-likeness (QED) is 0.763. The number of phenols is 1. The number of hydrogen-bond acceptors (Lipinski definition) is 2. The molecule has 70 valence electrons. The maximum Gasteiger partial charge on any atom is 0.134 e. The lowest BCUT2D eigenvalue weighted by Crippen LogP contribution is -2.24. The Bertz CT molecular complexity index is 334. The van der Waals surface area contributed by atoms with E-state index in [2.05, 4.69) is 5.32 Å². The van der Waals surface area contributed by atoms with Crippen LogP contribution in [0, 0.1) is 0 Å². The Labute approximate surface area is 82.5 Å². The molecular weight excluding hydrogens is 186 g/mol. The summed E-state index contributed by atoms with van der Waals surface area (Å²) in [6.07, 6.45) is 2.29. The number of hydrogen-bond donors (Lipinski definition) is 2. The fourth-order valence-corrected chi connectivity index (χ4v) is 1.79. The van der Waals surface area contributed by atoms with Crippen molar-refractivity contribution < 1.29 is 5.11 Å². The van der Waals surface area contributed by atoms with Crippen molar-refractivity contribution in [2.24, 2.45) is 0 Å². The first-order chi connectivity index (χ1) is 6.18. The van der Waals surface area contributed by atoms with Gasteiger partial charge in [0.1, 0.15) is 5.75 Å². The first-order valence-corrected chi connectivity index (χ1v) is 4.74. The minimum Gasteiger partial charge on any atom is -0.506 e. The van der Waals surface area contributed by atoms with E-state index >= 15 is 0 Å². The Hall–Kier alpha value is -0.730. The van der Waals surface area contributed by atoms with Gasteiger partial charge in [0.2, 0.25) is 0 Å². The third-order valence-corrected chi connectivity index (χ3v) is 3.03. The van der Waals surface area contributed by atoms with Gasteiger partial charge >= 0.3 is 0 Å². The molecule has 2 N–H and O–H groups in total. The van der Waals surface area contributed by atoms with Gasteiger partial charge in [-0.15, -0.1) is 0 Å². The predicted octanol–water partition coefficient (Wildman–Crippen LogP) is 2.25. The molecule has 1 fully saturated rings. The molecule has 3 heteroatoms. The Morgan fingerprint density at radius 2 is 2.15 bits per heavy atom. The van der Waals surface area contributed by atoms with Crippen LogP contribution in [0.4, 0.5) is 0 Å². The normalized spacial score (nSPS) is 18.6. The fraction of sp³-hybridized carbons (Fsp3) is 0.400. The van der Waals surface area contributed by atoms with Crippen molar-refractivity contribution in [1.82, 2.24) is 5.32 Å². The summed E-state index contributed by atoms with van der Waals surface area (Å²) in [5, 5.41) is 13.0. The summed E-state index contributed by atoms with van der Waals surface area (Å²) in [6, 6.07) is 5.40. The zero-order valence-corrected chi connectivity index (χ0v) is 8.23. The molecule has 0 aliphatic heterocycles. The van der Waals surface area contributed by atoms with Gasteiger partial charge in [-0.05, 0) is 37.6 Å². The van der Waals surface area contributed by atoms with E-state index in [0.29, 0.717) is 5.02 Å². The molecule has 0 unspecified atom stereocenters. The number of halogens is 1. The number of nitrogens with one attached hydrogen (secondary N) is 1. The van der Waals surface area contributed by atoms with E-state index in [9.17, 15) is 5.11 Å². The first-order valence-electron chi connectivity index (χ1n) is 4.36. The van der Waals surface area contributed by atoms with E-state index in [-0.39, 0.29) is 11.3 Å². The maximum atomic E-state index is 9.25. The van der Waals surface area contributed by atoms with Crippen LogP contribution in [0.1, 0.15) is 18.4 Å². The van der Waals surface area contributed by atoms with Gasteiger partial charge in [-0.3, -0.25) is 0 Å². The van der Waals surface area contributed by atoms with Crippen molar-refractivity contribution in [3.63, 3.8) is 0 Å². The van der Waals surface area contributed by atoms with Gasteiger partial charge in [0.05, 0.1) is 5.02 Å². The highest BCUT2D eigenvalue weighted by atomic mass is 35.5. The van der Waals surface area contributed by atoms with Crippen molar-refractivity contribution >= 4 is 11.6 Å². The van der Waals surface area contributed by atoms with Crippen molar-refractivity contribution in [2.45, 2.75) is 18.4 Å².